The SMILES string of the molecule is CONc1ccc(-c2nccc(C)n2)cc1. The van der Waals surface area contributed by atoms with E-state index in [1.807, 2.05) is 37.3 Å². The van der Waals surface area contributed by atoms with Crippen molar-refractivity contribution in [3.05, 3.63) is 42.2 Å². The van der Waals surface area contributed by atoms with E-state index < -0.39 is 0 Å². The van der Waals surface area contributed by atoms with E-state index in [0.717, 1.165) is 22.8 Å². The molecule has 0 atom stereocenters. The lowest BCUT2D eigenvalue weighted by Crippen LogP contribution is -1.95. The predicted molar refractivity (Wildman–Crippen MR) is 62.8 cm³/mol. The molecule has 0 radical (unpaired) electrons. The highest BCUT2D eigenvalue weighted by Gasteiger charge is 2.00. The Morgan fingerprint density at radius 2 is 1.88 bits per heavy atom. The topological polar surface area (TPSA) is 47.0 Å². The van der Waals surface area contributed by atoms with Crippen molar-refractivity contribution in [1.29, 1.82) is 0 Å². The molecule has 0 saturated carbocycles. The fourth-order valence-corrected chi connectivity index (χ4v) is 1.39. The Bertz CT molecular complexity index is 468. The van der Waals surface area contributed by atoms with Crippen LogP contribution in [0, 0.1) is 6.92 Å². The molecule has 0 aliphatic heterocycles. The molecule has 4 nitrogen and oxygen atoms in total. The van der Waals surface area contributed by atoms with Crippen molar-refractivity contribution in [3.8, 4) is 11.4 Å². The predicted octanol–water partition coefficient (Wildman–Crippen LogP) is 2.43. The molecule has 2 rings (SSSR count). The van der Waals surface area contributed by atoms with Crippen LogP contribution in [0.1, 0.15) is 5.69 Å². The summed E-state index contributed by atoms with van der Waals surface area (Å²) in [6, 6.07) is 9.63. The molecule has 0 amide bonds. The van der Waals surface area contributed by atoms with Crippen LogP contribution < -0.4 is 5.48 Å². The van der Waals surface area contributed by atoms with E-state index in [1.54, 1.807) is 13.3 Å². The van der Waals surface area contributed by atoms with Crippen LogP contribution in [0.2, 0.25) is 0 Å². The van der Waals surface area contributed by atoms with Crippen LogP contribution in [0.15, 0.2) is 36.5 Å². The first-order valence-corrected chi connectivity index (χ1v) is 4.98. The van der Waals surface area contributed by atoms with Crippen LogP contribution in [-0.4, -0.2) is 17.1 Å². The zero-order chi connectivity index (χ0) is 11.4. The van der Waals surface area contributed by atoms with Crippen LogP contribution in [-0.2, 0) is 4.84 Å². The number of rotatable bonds is 3. The van der Waals surface area contributed by atoms with Crippen molar-refractivity contribution < 1.29 is 4.84 Å². The lowest BCUT2D eigenvalue weighted by atomic mass is 10.2. The van der Waals surface area contributed by atoms with Gasteiger partial charge in [0.1, 0.15) is 0 Å². The van der Waals surface area contributed by atoms with Gasteiger partial charge < -0.3 is 0 Å². The third-order valence-corrected chi connectivity index (χ3v) is 2.16. The van der Waals surface area contributed by atoms with Crippen LogP contribution in [0.4, 0.5) is 5.69 Å². The van der Waals surface area contributed by atoms with Gasteiger partial charge in [-0.05, 0) is 37.3 Å². The Morgan fingerprint density at radius 1 is 1.12 bits per heavy atom. The Hall–Kier alpha value is -1.94. The second-order valence-electron chi connectivity index (χ2n) is 3.41. The lowest BCUT2D eigenvalue weighted by Gasteiger charge is -2.04. The summed E-state index contributed by atoms with van der Waals surface area (Å²) in [7, 11) is 1.58. The van der Waals surface area contributed by atoms with Gasteiger partial charge in [0.05, 0.1) is 12.8 Å². The van der Waals surface area contributed by atoms with Gasteiger partial charge in [-0.1, -0.05) is 0 Å². The second-order valence-corrected chi connectivity index (χ2v) is 3.41. The Labute approximate surface area is 94.3 Å². The number of hydrogen-bond acceptors (Lipinski definition) is 4. The third-order valence-electron chi connectivity index (χ3n) is 2.16. The zero-order valence-electron chi connectivity index (χ0n) is 9.27. The molecule has 82 valence electrons. The van der Waals surface area contributed by atoms with Gasteiger partial charge in [-0.15, -0.1) is 0 Å². The largest absolute Gasteiger partial charge is 0.279 e. The number of nitrogens with zero attached hydrogens (tertiary/aromatic N) is 2. The maximum Gasteiger partial charge on any atom is 0.159 e. The molecule has 1 N–H and O–H groups in total. The van der Waals surface area contributed by atoms with E-state index >= 15 is 0 Å². The van der Waals surface area contributed by atoms with E-state index in [1.165, 1.54) is 0 Å². The molecule has 16 heavy (non-hydrogen) atoms. The average molecular weight is 215 g/mol. The van der Waals surface area contributed by atoms with E-state index in [-0.39, 0.29) is 0 Å². The van der Waals surface area contributed by atoms with Crippen molar-refractivity contribution in [2.45, 2.75) is 6.92 Å². The number of nitrogens with one attached hydrogen (secondary N) is 1. The first kappa shape index (κ1) is 10.6. The first-order valence-electron chi connectivity index (χ1n) is 4.98. The summed E-state index contributed by atoms with van der Waals surface area (Å²) in [6.07, 6.45) is 1.76. The Kier molecular flexibility index (Phi) is 3.12. The van der Waals surface area contributed by atoms with Crippen molar-refractivity contribution in [2.24, 2.45) is 0 Å². The second kappa shape index (κ2) is 4.72. The smallest absolute Gasteiger partial charge is 0.159 e. The van der Waals surface area contributed by atoms with Gasteiger partial charge in [0, 0.05) is 17.5 Å². The minimum Gasteiger partial charge on any atom is -0.279 e. The van der Waals surface area contributed by atoms with Gasteiger partial charge in [-0.3, -0.25) is 10.3 Å². The molecule has 2 aromatic rings. The molecule has 4 heteroatoms. The highest BCUT2D eigenvalue weighted by atomic mass is 16.6. The van der Waals surface area contributed by atoms with Crippen LogP contribution in [0.3, 0.4) is 0 Å². The minimum atomic E-state index is 0.740. The van der Waals surface area contributed by atoms with Gasteiger partial charge in [0.25, 0.3) is 0 Å². The summed E-state index contributed by atoms with van der Waals surface area (Å²) in [5.74, 6) is 0.740. The number of hydrogen-bond donors (Lipinski definition) is 1. The number of anilines is 1. The molecule has 0 aliphatic rings. The van der Waals surface area contributed by atoms with Gasteiger partial charge in [-0.25, -0.2) is 9.97 Å². The Balaban J connectivity index is 2.27. The van der Waals surface area contributed by atoms with Crippen LogP contribution in [0.25, 0.3) is 11.4 Å². The van der Waals surface area contributed by atoms with Crippen molar-refractivity contribution in [1.82, 2.24) is 9.97 Å². The van der Waals surface area contributed by atoms with E-state index in [2.05, 4.69) is 15.4 Å². The molecular formula is C12H13N3O. The van der Waals surface area contributed by atoms with Crippen molar-refractivity contribution in [3.63, 3.8) is 0 Å². The van der Waals surface area contributed by atoms with E-state index in [4.69, 9.17) is 4.84 Å². The summed E-state index contributed by atoms with van der Waals surface area (Å²) in [6.45, 7) is 1.95. The quantitative estimate of drug-likeness (QED) is 0.799. The summed E-state index contributed by atoms with van der Waals surface area (Å²) < 4.78 is 0. The molecule has 0 fully saturated rings. The minimum absolute atomic E-state index is 0.740. The molecule has 1 heterocycles. The Morgan fingerprint density at radius 3 is 2.50 bits per heavy atom. The normalized spacial score (nSPS) is 10.1. The molecule has 0 bridgehead atoms. The first-order chi connectivity index (χ1) is 7.79. The van der Waals surface area contributed by atoms with E-state index in [9.17, 15) is 0 Å². The third kappa shape index (κ3) is 2.35. The molecular weight excluding hydrogens is 202 g/mol. The molecule has 0 aliphatic carbocycles. The summed E-state index contributed by atoms with van der Waals surface area (Å²) >= 11 is 0. The number of benzene rings is 1. The summed E-state index contributed by atoms with van der Waals surface area (Å²) in [4.78, 5) is 13.4. The van der Waals surface area contributed by atoms with Gasteiger partial charge in [0.15, 0.2) is 5.82 Å². The van der Waals surface area contributed by atoms with E-state index in [0.29, 0.717) is 0 Å². The highest BCUT2D eigenvalue weighted by Crippen LogP contribution is 2.17. The van der Waals surface area contributed by atoms with Gasteiger partial charge >= 0.3 is 0 Å². The highest BCUT2D eigenvalue weighted by molar-refractivity contribution is 5.59. The molecule has 0 unspecified atom stereocenters. The average Bonchev–Trinajstić information content (AvgIpc) is 2.30. The molecule has 1 aromatic heterocycles. The summed E-state index contributed by atoms with van der Waals surface area (Å²) in [5.41, 5.74) is 5.61. The van der Waals surface area contributed by atoms with Gasteiger partial charge in [0.2, 0.25) is 0 Å². The maximum atomic E-state index is 4.81. The fraction of sp³-hybridized carbons (Fsp3) is 0.167. The molecule has 0 saturated heterocycles. The maximum absolute atomic E-state index is 4.81. The molecule has 1 aromatic carbocycles. The molecule has 0 spiro atoms. The standard InChI is InChI=1S/C12H13N3O/c1-9-7-8-13-12(14-9)10-3-5-11(6-4-10)15-16-2/h3-8,15H,1-2H3. The number of aromatic nitrogens is 2. The van der Waals surface area contributed by atoms with Crippen LogP contribution in [0.5, 0.6) is 0 Å². The zero-order valence-corrected chi connectivity index (χ0v) is 9.27. The monoisotopic (exact) mass is 215 g/mol. The lowest BCUT2D eigenvalue weighted by molar-refractivity contribution is 0.271. The number of aryl methyl sites for hydroxylation is 1. The van der Waals surface area contributed by atoms with Crippen molar-refractivity contribution >= 4 is 5.69 Å². The fourth-order valence-electron chi connectivity index (χ4n) is 1.39. The van der Waals surface area contributed by atoms with Crippen LogP contribution >= 0.6 is 0 Å². The van der Waals surface area contributed by atoms with Gasteiger partial charge in [-0.2, -0.15) is 0 Å². The summed E-state index contributed by atoms with van der Waals surface area (Å²) in [5, 5.41) is 0. The van der Waals surface area contributed by atoms with Crippen molar-refractivity contribution in [2.75, 3.05) is 12.6 Å².